The number of carbonyl (C=O) groups excluding carboxylic acids is 1. The molecule has 0 saturated carbocycles. The third-order valence-corrected chi connectivity index (χ3v) is 2.83. The van der Waals surface area contributed by atoms with Gasteiger partial charge in [-0.3, -0.25) is 4.79 Å². The van der Waals surface area contributed by atoms with Gasteiger partial charge in [0.15, 0.2) is 0 Å². The van der Waals surface area contributed by atoms with Gasteiger partial charge in [0.05, 0.1) is 12.2 Å². The molecule has 0 bridgehead atoms. The van der Waals surface area contributed by atoms with Crippen molar-refractivity contribution in [3.63, 3.8) is 0 Å². The summed E-state index contributed by atoms with van der Waals surface area (Å²) in [5.41, 5.74) is 0.860. The van der Waals surface area contributed by atoms with Crippen molar-refractivity contribution < 1.29 is 9.53 Å². The van der Waals surface area contributed by atoms with Crippen LogP contribution in [-0.4, -0.2) is 40.2 Å². The first-order valence-corrected chi connectivity index (χ1v) is 6.07. The zero-order valence-electron chi connectivity index (χ0n) is 10.7. The van der Waals surface area contributed by atoms with Crippen LogP contribution in [-0.2, 0) is 4.79 Å². The molecule has 0 aromatic carbocycles. The highest BCUT2D eigenvalue weighted by Crippen LogP contribution is 2.16. The normalized spacial score (nSPS) is 19.4. The van der Waals surface area contributed by atoms with Gasteiger partial charge in [-0.1, -0.05) is 6.08 Å². The summed E-state index contributed by atoms with van der Waals surface area (Å²) in [5.74, 6) is 0.560. The Balaban J connectivity index is 1.89. The fourth-order valence-corrected chi connectivity index (χ4v) is 1.89. The van der Waals surface area contributed by atoms with Crippen LogP contribution < -0.4 is 4.74 Å². The Bertz CT molecular complexity index is 442. The molecule has 1 aliphatic rings. The van der Waals surface area contributed by atoms with Crippen LogP contribution in [0.5, 0.6) is 5.88 Å². The summed E-state index contributed by atoms with van der Waals surface area (Å²) in [5, 5.41) is 7.90. The van der Waals surface area contributed by atoms with E-state index in [1.807, 2.05) is 19.9 Å². The summed E-state index contributed by atoms with van der Waals surface area (Å²) in [4.78, 5) is 13.4. The van der Waals surface area contributed by atoms with E-state index in [2.05, 4.69) is 10.2 Å². The van der Waals surface area contributed by atoms with Crippen LogP contribution in [0.3, 0.4) is 0 Å². The molecule has 2 rings (SSSR count). The van der Waals surface area contributed by atoms with E-state index in [4.69, 9.17) is 4.74 Å². The third-order valence-electron chi connectivity index (χ3n) is 2.83. The number of amides is 1. The van der Waals surface area contributed by atoms with Crippen molar-refractivity contribution in [2.45, 2.75) is 26.4 Å². The quantitative estimate of drug-likeness (QED) is 0.756. The monoisotopic (exact) mass is 247 g/mol. The minimum atomic E-state index is 0.0104. The summed E-state index contributed by atoms with van der Waals surface area (Å²) in [7, 11) is 0. The Labute approximate surface area is 106 Å². The van der Waals surface area contributed by atoms with Gasteiger partial charge in [0.25, 0.3) is 0 Å². The molecule has 1 aromatic heterocycles. The van der Waals surface area contributed by atoms with Gasteiger partial charge >= 0.3 is 0 Å². The Morgan fingerprint density at radius 3 is 3.00 bits per heavy atom. The number of ether oxygens (including phenoxy) is 1. The van der Waals surface area contributed by atoms with Gasteiger partial charge in [0.2, 0.25) is 11.8 Å². The van der Waals surface area contributed by atoms with Crippen molar-refractivity contribution in [3.8, 4) is 5.88 Å². The molecule has 0 N–H and O–H groups in total. The molecule has 5 nitrogen and oxygen atoms in total. The average molecular weight is 247 g/mol. The maximum Gasteiger partial charge on any atom is 0.246 e. The largest absolute Gasteiger partial charge is 0.471 e. The molecule has 96 valence electrons. The molecule has 1 aromatic rings. The molecule has 1 atom stereocenters. The first-order chi connectivity index (χ1) is 8.69. The Hall–Kier alpha value is -1.91. The van der Waals surface area contributed by atoms with Crippen LogP contribution >= 0.6 is 0 Å². The molecular weight excluding hydrogens is 230 g/mol. The SMILES string of the molecule is C/C=C/C(=O)N1CCC(Oc2ccc(C)nn2)C1. The lowest BCUT2D eigenvalue weighted by Gasteiger charge is -2.14. The van der Waals surface area contributed by atoms with E-state index in [-0.39, 0.29) is 12.0 Å². The zero-order valence-corrected chi connectivity index (χ0v) is 10.7. The van der Waals surface area contributed by atoms with Crippen LogP contribution in [0.2, 0.25) is 0 Å². The Morgan fingerprint density at radius 1 is 1.50 bits per heavy atom. The number of hydrogen-bond donors (Lipinski definition) is 0. The van der Waals surface area contributed by atoms with Gasteiger partial charge in [0.1, 0.15) is 6.10 Å². The third kappa shape index (κ3) is 3.06. The predicted molar refractivity (Wildman–Crippen MR) is 67.2 cm³/mol. The maximum atomic E-state index is 11.6. The van der Waals surface area contributed by atoms with Crippen LogP contribution in [0.25, 0.3) is 0 Å². The van der Waals surface area contributed by atoms with E-state index < -0.39 is 0 Å². The topological polar surface area (TPSA) is 55.3 Å². The molecule has 0 radical (unpaired) electrons. The van der Waals surface area contributed by atoms with Crippen molar-refractivity contribution in [3.05, 3.63) is 30.0 Å². The summed E-state index contributed by atoms with van der Waals surface area (Å²) in [6.45, 7) is 5.06. The number of nitrogens with zero attached hydrogens (tertiary/aromatic N) is 3. The van der Waals surface area contributed by atoms with Crippen molar-refractivity contribution in [2.75, 3.05) is 13.1 Å². The predicted octanol–water partition coefficient (Wildman–Crippen LogP) is 1.34. The van der Waals surface area contributed by atoms with E-state index in [9.17, 15) is 4.79 Å². The van der Waals surface area contributed by atoms with Crippen molar-refractivity contribution in [2.24, 2.45) is 0 Å². The molecule has 1 amide bonds. The second-order valence-electron chi connectivity index (χ2n) is 4.33. The van der Waals surface area contributed by atoms with Crippen LogP contribution in [0.15, 0.2) is 24.3 Å². The molecule has 1 saturated heterocycles. The first-order valence-electron chi connectivity index (χ1n) is 6.07. The number of carbonyl (C=O) groups is 1. The lowest BCUT2D eigenvalue weighted by Crippen LogP contribution is -2.29. The van der Waals surface area contributed by atoms with E-state index >= 15 is 0 Å². The molecule has 18 heavy (non-hydrogen) atoms. The van der Waals surface area contributed by atoms with E-state index in [0.717, 1.165) is 18.7 Å². The number of aryl methyl sites for hydroxylation is 1. The summed E-state index contributed by atoms with van der Waals surface area (Å²) in [6.07, 6.45) is 4.17. The van der Waals surface area contributed by atoms with Crippen molar-refractivity contribution in [1.29, 1.82) is 0 Å². The molecule has 0 spiro atoms. The van der Waals surface area contributed by atoms with Crippen LogP contribution in [0, 0.1) is 6.92 Å². The second kappa shape index (κ2) is 5.62. The average Bonchev–Trinajstić information content (AvgIpc) is 2.81. The van der Waals surface area contributed by atoms with Crippen molar-refractivity contribution in [1.82, 2.24) is 15.1 Å². The Kier molecular flexibility index (Phi) is 3.92. The molecule has 1 fully saturated rings. The second-order valence-corrected chi connectivity index (χ2v) is 4.33. The standard InChI is InChI=1S/C13H17N3O2/c1-3-4-13(17)16-8-7-11(9-16)18-12-6-5-10(2)14-15-12/h3-6,11H,7-9H2,1-2H3/b4-3+. The van der Waals surface area contributed by atoms with E-state index in [1.165, 1.54) is 0 Å². The lowest BCUT2D eigenvalue weighted by molar-refractivity contribution is -0.125. The molecule has 1 aliphatic heterocycles. The fourth-order valence-electron chi connectivity index (χ4n) is 1.89. The van der Waals surface area contributed by atoms with Gasteiger partial charge in [-0.05, 0) is 26.0 Å². The maximum absolute atomic E-state index is 11.6. The first kappa shape index (κ1) is 12.5. The number of allylic oxidation sites excluding steroid dienone is 1. The highest BCUT2D eigenvalue weighted by atomic mass is 16.5. The minimum absolute atomic E-state index is 0.0104. The van der Waals surface area contributed by atoms with Gasteiger partial charge in [-0.2, -0.15) is 5.10 Å². The van der Waals surface area contributed by atoms with E-state index in [0.29, 0.717) is 12.4 Å². The van der Waals surface area contributed by atoms with E-state index in [1.54, 1.807) is 23.1 Å². The van der Waals surface area contributed by atoms with Gasteiger partial charge in [-0.25, -0.2) is 0 Å². The number of hydrogen-bond acceptors (Lipinski definition) is 4. The molecule has 0 aliphatic carbocycles. The summed E-state index contributed by atoms with van der Waals surface area (Å²) < 4.78 is 5.70. The van der Waals surface area contributed by atoms with Crippen LogP contribution in [0.4, 0.5) is 0 Å². The molecular formula is C13H17N3O2. The molecule has 2 heterocycles. The number of likely N-dealkylation sites (tertiary alicyclic amines) is 1. The molecule has 1 unspecified atom stereocenters. The van der Waals surface area contributed by atoms with Gasteiger partial charge in [-0.15, -0.1) is 5.10 Å². The smallest absolute Gasteiger partial charge is 0.246 e. The Morgan fingerprint density at radius 2 is 2.33 bits per heavy atom. The number of rotatable bonds is 3. The lowest BCUT2D eigenvalue weighted by atomic mass is 10.3. The summed E-state index contributed by atoms with van der Waals surface area (Å²) in [6, 6.07) is 3.67. The number of aromatic nitrogens is 2. The highest BCUT2D eigenvalue weighted by molar-refractivity contribution is 5.87. The van der Waals surface area contributed by atoms with Gasteiger partial charge in [0, 0.05) is 19.0 Å². The fraction of sp³-hybridized carbons (Fsp3) is 0.462. The van der Waals surface area contributed by atoms with Crippen molar-refractivity contribution >= 4 is 5.91 Å². The van der Waals surface area contributed by atoms with Crippen LogP contribution in [0.1, 0.15) is 19.0 Å². The highest BCUT2D eigenvalue weighted by Gasteiger charge is 2.26. The van der Waals surface area contributed by atoms with Gasteiger partial charge < -0.3 is 9.64 Å². The minimum Gasteiger partial charge on any atom is -0.471 e. The zero-order chi connectivity index (χ0) is 13.0. The summed E-state index contributed by atoms with van der Waals surface area (Å²) >= 11 is 0. The molecule has 5 heteroatoms.